The predicted molar refractivity (Wildman–Crippen MR) is 134 cm³/mol. The summed E-state index contributed by atoms with van der Waals surface area (Å²) in [5.74, 6) is 1.94. The van der Waals surface area contributed by atoms with Gasteiger partial charge in [0.2, 0.25) is 0 Å². The zero-order valence-electron chi connectivity index (χ0n) is 19.2. The third-order valence-corrected chi connectivity index (χ3v) is 5.83. The summed E-state index contributed by atoms with van der Waals surface area (Å²) in [6.45, 7) is 0.434. The highest BCUT2D eigenvalue weighted by Crippen LogP contribution is 2.35. The normalized spacial score (nSPS) is 10.7. The molecule has 6 nitrogen and oxygen atoms in total. The van der Waals surface area contributed by atoms with Crippen LogP contribution in [0.4, 0.5) is 0 Å². The van der Waals surface area contributed by atoms with Crippen molar-refractivity contribution in [2.75, 3.05) is 21.3 Å². The molecular weight excluding hydrogens is 452 g/mol. The van der Waals surface area contributed by atoms with Crippen LogP contribution in [-0.4, -0.2) is 31.1 Å². The molecule has 3 aromatic carbocycles. The summed E-state index contributed by atoms with van der Waals surface area (Å²) < 4.78 is 17.7. The fourth-order valence-corrected chi connectivity index (χ4v) is 3.85. The summed E-state index contributed by atoms with van der Waals surface area (Å²) in [6.07, 6.45) is 0.650. The highest BCUT2D eigenvalue weighted by molar-refractivity contribution is 6.30. The Hall–Kier alpha value is -3.77. The van der Waals surface area contributed by atoms with Crippen LogP contribution in [0.15, 0.2) is 77.6 Å². The standard InChI is InChI=1S/C27H25ClN2O4/c1-32-22-11-6-19(7-12-22)23-17-26(31)30(15-14-18-4-9-21(28)10-5-18)29-27(23)20-8-13-24(33-2)25(16-20)34-3/h4-13,16-17H,14-15H2,1-3H3. The highest BCUT2D eigenvalue weighted by Gasteiger charge is 2.16. The Labute approximate surface area is 203 Å². The number of hydrogen-bond acceptors (Lipinski definition) is 5. The molecule has 0 aliphatic rings. The lowest BCUT2D eigenvalue weighted by Gasteiger charge is -2.15. The monoisotopic (exact) mass is 476 g/mol. The average molecular weight is 477 g/mol. The lowest BCUT2D eigenvalue weighted by atomic mass is 9.99. The molecule has 1 aromatic heterocycles. The number of rotatable bonds is 8. The highest BCUT2D eigenvalue weighted by atomic mass is 35.5. The van der Waals surface area contributed by atoms with Crippen molar-refractivity contribution in [1.29, 1.82) is 0 Å². The van der Waals surface area contributed by atoms with Crippen LogP contribution in [0.2, 0.25) is 5.02 Å². The van der Waals surface area contributed by atoms with E-state index in [9.17, 15) is 4.79 Å². The molecule has 0 atom stereocenters. The molecule has 174 valence electrons. The first kappa shape index (κ1) is 23.4. The van der Waals surface area contributed by atoms with E-state index in [-0.39, 0.29) is 5.56 Å². The number of aryl methyl sites for hydroxylation is 2. The maximum Gasteiger partial charge on any atom is 0.267 e. The van der Waals surface area contributed by atoms with Gasteiger partial charge in [-0.2, -0.15) is 5.10 Å². The lowest BCUT2D eigenvalue weighted by Crippen LogP contribution is -2.24. The molecule has 0 saturated heterocycles. The first-order valence-corrected chi connectivity index (χ1v) is 11.1. The summed E-state index contributed by atoms with van der Waals surface area (Å²) in [4.78, 5) is 13.0. The van der Waals surface area contributed by atoms with E-state index in [0.717, 1.165) is 28.0 Å². The molecule has 0 fully saturated rings. The number of methoxy groups -OCH3 is 3. The first-order valence-electron chi connectivity index (χ1n) is 10.8. The van der Waals surface area contributed by atoms with Crippen molar-refractivity contribution in [3.63, 3.8) is 0 Å². The van der Waals surface area contributed by atoms with E-state index in [4.69, 9.17) is 30.9 Å². The zero-order chi connectivity index (χ0) is 24.1. The predicted octanol–water partition coefficient (Wildman–Crippen LogP) is 5.50. The van der Waals surface area contributed by atoms with Crippen LogP contribution >= 0.6 is 11.6 Å². The van der Waals surface area contributed by atoms with Gasteiger partial charge in [0, 0.05) is 28.8 Å². The van der Waals surface area contributed by atoms with Crippen LogP contribution in [-0.2, 0) is 13.0 Å². The summed E-state index contributed by atoms with van der Waals surface area (Å²) >= 11 is 5.99. The van der Waals surface area contributed by atoms with Crippen LogP contribution in [0.5, 0.6) is 17.2 Å². The molecule has 7 heteroatoms. The van der Waals surface area contributed by atoms with Gasteiger partial charge in [-0.05, 0) is 60.0 Å². The van der Waals surface area contributed by atoms with Gasteiger partial charge in [0.25, 0.3) is 5.56 Å². The van der Waals surface area contributed by atoms with E-state index >= 15 is 0 Å². The van der Waals surface area contributed by atoms with Crippen molar-refractivity contribution in [2.45, 2.75) is 13.0 Å². The second kappa shape index (κ2) is 10.4. The Morgan fingerprint density at radius 2 is 1.47 bits per heavy atom. The minimum absolute atomic E-state index is 0.177. The number of benzene rings is 3. The molecule has 1 heterocycles. The van der Waals surface area contributed by atoms with Gasteiger partial charge >= 0.3 is 0 Å². The van der Waals surface area contributed by atoms with Crippen LogP contribution in [0, 0.1) is 0 Å². The molecule has 0 N–H and O–H groups in total. The average Bonchev–Trinajstić information content (AvgIpc) is 2.88. The fraction of sp³-hybridized carbons (Fsp3) is 0.185. The van der Waals surface area contributed by atoms with Crippen molar-refractivity contribution in [2.24, 2.45) is 0 Å². The van der Waals surface area contributed by atoms with E-state index in [2.05, 4.69) is 0 Å². The second-order valence-electron chi connectivity index (χ2n) is 7.64. The molecule has 34 heavy (non-hydrogen) atoms. The maximum absolute atomic E-state index is 13.0. The van der Waals surface area contributed by atoms with E-state index in [0.29, 0.717) is 35.2 Å². The molecule has 0 spiro atoms. The molecule has 0 bridgehead atoms. The largest absolute Gasteiger partial charge is 0.497 e. The van der Waals surface area contributed by atoms with Gasteiger partial charge in [-0.1, -0.05) is 35.9 Å². The van der Waals surface area contributed by atoms with Gasteiger partial charge in [0.05, 0.1) is 27.0 Å². The van der Waals surface area contributed by atoms with Crippen LogP contribution in [0.1, 0.15) is 5.56 Å². The minimum atomic E-state index is -0.177. The number of aromatic nitrogens is 2. The van der Waals surface area contributed by atoms with E-state index in [1.807, 2.05) is 66.7 Å². The molecule has 0 saturated carbocycles. The summed E-state index contributed by atoms with van der Waals surface area (Å²) in [5.41, 5.74) is 3.96. The van der Waals surface area contributed by atoms with Crippen molar-refractivity contribution in [1.82, 2.24) is 9.78 Å². The third-order valence-electron chi connectivity index (χ3n) is 5.58. The molecule has 0 aliphatic heterocycles. The minimum Gasteiger partial charge on any atom is -0.497 e. The summed E-state index contributed by atoms with van der Waals surface area (Å²) in [5, 5.41) is 5.45. The van der Waals surface area contributed by atoms with Crippen molar-refractivity contribution >= 4 is 11.6 Å². The second-order valence-corrected chi connectivity index (χ2v) is 8.08. The lowest BCUT2D eigenvalue weighted by molar-refractivity contribution is 0.355. The molecule has 0 unspecified atom stereocenters. The SMILES string of the molecule is COc1ccc(-c2cc(=O)n(CCc3ccc(Cl)cc3)nc2-c2ccc(OC)c(OC)c2)cc1. The Kier molecular flexibility index (Phi) is 7.18. The number of ether oxygens (including phenoxy) is 3. The van der Waals surface area contributed by atoms with Crippen LogP contribution < -0.4 is 19.8 Å². The van der Waals surface area contributed by atoms with Gasteiger partial charge in [-0.3, -0.25) is 4.79 Å². The Morgan fingerprint density at radius 3 is 2.12 bits per heavy atom. The zero-order valence-corrected chi connectivity index (χ0v) is 20.0. The van der Waals surface area contributed by atoms with Gasteiger partial charge in [-0.25, -0.2) is 4.68 Å². The first-order chi connectivity index (χ1) is 16.5. The summed E-state index contributed by atoms with van der Waals surface area (Å²) in [7, 11) is 4.80. The fourth-order valence-electron chi connectivity index (χ4n) is 3.72. The molecular formula is C27H25ClN2O4. The van der Waals surface area contributed by atoms with Crippen molar-refractivity contribution in [3.8, 4) is 39.6 Å². The van der Waals surface area contributed by atoms with Gasteiger partial charge < -0.3 is 14.2 Å². The molecule has 0 aliphatic carbocycles. The Morgan fingerprint density at radius 1 is 0.794 bits per heavy atom. The topological polar surface area (TPSA) is 62.6 Å². The smallest absolute Gasteiger partial charge is 0.267 e. The van der Waals surface area contributed by atoms with E-state index in [1.54, 1.807) is 27.4 Å². The Bertz CT molecular complexity index is 1330. The molecule has 4 rings (SSSR count). The number of nitrogens with zero attached hydrogens (tertiary/aromatic N) is 2. The van der Waals surface area contributed by atoms with Gasteiger partial charge in [0.1, 0.15) is 5.75 Å². The van der Waals surface area contributed by atoms with E-state index < -0.39 is 0 Å². The Balaban J connectivity index is 1.80. The van der Waals surface area contributed by atoms with Crippen molar-refractivity contribution < 1.29 is 14.2 Å². The van der Waals surface area contributed by atoms with Crippen molar-refractivity contribution in [3.05, 3.63) is 93.7 Å². The summed E-state index contributed by atoms with van der Waals surface area (Å²) in [6, 6.07) is 22.4. The van der Waals surface area contributed by atoms with Gasteiger partial charge in [0.15, 0.2) is 11.5 Å². The number of hydrogen-bond donors (Lipinski definition) is 0. The third kappa shape index (κ3) is 5.07. The van der Waals surface area contributed by atoms with E-state index in [1.165, 1.54) is 4.68 Å². The maximum atomic E-state index is 13.0. The van der Waals surface area contributed by atoms with Crippen LogP contribution in [0.3, 0.4) is 0 Å². The van der Waals surface area contributed by atoms with Gasteiger partial charge in [-0.15, -0.1) is 0 Å². The van der Waals surface area contributed by atoms with Crippen LogP contribution in [0.25, 0.3) is 22.4 Å². The number of halogens is 1. The quantitative estimate of drug-likeness (QED) is 0.336. The molecule has 4 aromatic rings. The molecule has 0 radical (unpaired) electrons. The molecule has 0 amide bonds.